The van der Waals surface area contributed by atoms with Crippen LogP contribution in [0.5, 0.6) is 0 Å². The Balaban J connectivity index is 1.37. The number of H-pyrrole nitrogens is 1. The number of carbonyl (C=O) groups is 1. The van der Waals surface area contributed by atoms with Crippen molar-refractivity contribution in [1.29, 1.82) is 0 Å². The summed E-state index contributed by atoms with van der Waals surface area (Å²) in [6, 6.07) is 5.98. The maximum absolute atomic E-state index is 12.2. The molecule has 2 N–H and O–H groups in total. The van der Waals surface area contributed by atoms with Crippen LogP contribution >= 0.6 is 23.5 Å². The van der Waals surface area contributed by atoms with Crippen molar-refractivity contribution in [3.8, 4) is 0 Å². The van der Waals surface area contributed by atoms with E-state index >= 15 is 0 Å². The Morgan fingerprint density at radius 1 is 1.48 bits per heavy atom. The Labute approximate surface area is 154 Å². The maximum atomic E-state index is 12.2. The van der Waals surface area contributed by atoms with Crippen LogP contribution in [0, 0.1) is 0 Å². The van der Waals surface area contributed by atoms with Gasteiger partial charge in [0.25, 0.3) is 0 Å². The van der Waals surface area contributed by atoms with Gasteiger partial charge in [-0.3, -0.25) is 14.9 Å². The fourth-order valence-electron chi connectivity index (χ4n) is 2.64. The molecule has 0 saturated carbocycles. The number of carbonyl (C=O) groups excluding carboxylic acids is 1. The maximum Gasteiger partial charge on any atom is 0.234 e. The third kappa shape index (κ3) is 3.38. The van der Waals surface area contributed by atoms with E-state index in [1.165, 1.54) is 16.7 Å². The molecular formula is C16H18N6OS2. The number of amides is 1. The fourth-order valence-corrected chi connectivity index (χ4v) is 4.30. The van der Waals surface area contributed by atoms with Gasteiger partial charge in [-0.15, -0.1) is 5.10 Å². The first-order valence-corrected chi connectivity index (χ1v) is 9.89. The highest BCUT2D eigenvalue weighted by atomic mass is 32.2. The molecule has 0 fully saturated rings. The number of nitrogens with one attached hydrogen (secondary N) is 2. The zero-order valence-electron chi connectivity index (χ0n) is 13.9. The molecule has 130 valence electrons. The Morgan fingerprint density at radius 3 is 3.16 bits per heavy atom. The Kier molecular flexibility index (Phi) is 4.43. The number of hydrogen-bond donors (Lipinski definition) is 2. The smallest absolute Gasteiger partial charge is 0.234 e. The molecule has 1 amide bonds. The van der Waals surface area contributed by atoms with E-state index in [4.69, 9.17) is 0 Å². The van der Waals surface area contributed by atoms with E-state index in [1.807, 2.05) is 32.0 Å². The van der Waals surface area contributed by atoms with Crippen LogP contribution in [-0.4, -0.2) is 45.1 Å². The summed E-state index contributed by atoms with van der Waals surface area (Å²) in [5.41, 5.74) is 1.93. The van der Waals surface area contributed by atoms with E-state index in [0.717, 1.165) is 35.5 Å². The molecule has 0 bridgehead atoms. The third-order valence-electron chi connectivity index (χ3n) is 3.90. The van der Waals surface area contributed by atoms with Gasteiger partial charge in [-0.25, -0.2) is 4.98 Å². The van der Waals surface area contributed by atoms with Gasteiger partial charge < -0.3 is 10.2 Å². The summed E-state index contributed by atoms with van der Waals surface area (Å²) >= 11 is 3.01. The molecule has 0 saturated heterocycles. The highest BCUT2D eigenvalue weighted by molar-refractivity contribution is 8.14. The van der Waals surface area contributed by atoms with Crippen molar-refractivity contribution in [2.75, 3.05) is 29.1 Å². The first-order valence-electron chi connectivity index (χ1n) is 8.09. The minimum atomic E-state index is -0.0678. The van der Waals surface area contributed by atoms with Crippen molar-refractivity contribution >= 4 is 46.0 Å². The van der Waals surface area contributed by atoms with Crippen LogP contribution in [0.25, 0.3) is 0 Å². The van der Waals surface area contributed by atoms with Gasteiger partial charge in [0, 0.05) is 23.0 Å². The summed E-state index contributed by atoms with van der Waals surface area (Å²) in [5.74, 6) is 1.33. The third-order valence-corrected chi connectivity index (χ3v) is 5.84. The van der Waals surface area contributed by atoms with Crippen molar-refractivity contribution in [2.24, 2.45) is 4.99 Å². The van der Waals surface area contributed by atoms with Crippen LogP contribution in [0.3, 0.4) is 0 Å². The first kappa shape index (κ1) is 16.5. The van der Waals surface area contributed by atoms with Crippen molar-refractivity contribution in [1.82, 2.24) is 15.2 Å². The molecule has 25 heavy (non-hydrogen) atoms. The average molecular weight is 374 g/mol. The van der Waals surface area contributed by atoms with Crippen molar-refractivity contribution in [3.05, 3.63) is 24.0 Å². The van der Waals surface area contributed by atoms with Crippen LogP contribution in [0.4, 0.5) is 11.4 Å². The van der Waals surface area contributed by atoms with Gasteiger partial charge in [0.15, 0.2) is 5.17 Å². The summed E-state index contributed by atoms with van der Waals surface area (Å²) in [4.78, 5) is 24.4. The molecule has 0 spiro atoms. The monoisotopic (exact) mass is 374 g/mol. The molecule has 2 aliphatic rings. The van der Waals surface area contributed by atoms with Gasteiger partial charge in [0.2, 0.25) is 11.1 Å². The first-order chi connectivity index (χ1) is 12.1. The Hall–Kier alpha value is -2.00. The fraction of sp³-hybridized carbons (Fsp3) is 0.375. The number of aliphatic imine (C=N–C) groups is 1. The number of amidine groups is 1. The number of aromatic amines is 1. The summed E-state index contributed by atoms with van der Waals surface area (Å²) in [6.45, 7) is 5.84. The lowest BCUT2D eigenvalue weighted by atomic mass is 10.2. The molecule has 1 aromatic heterocycles. The van der Waals surface area contributed by atoms with E-state index in [1.54, 1.807) is 11.8 Å². The molecule has 7 nitrogen and oxygen atoms in total. The minimum absolute atomic E-state index is 0.0678. The van der Waals surface area contributed by atoms with E-state index in [2.05, 4.69) is 30.4 Å². The Bertz CT molecular complexity index is 847. The largest absolute Gasteiger partial charge is 0.325 e. The topological polar surface area (TPSA) is 86.3 Å². The summed E-state index contributed by atoms with van der Waals surface area (Å²) in [5, 5.41) is 11.6. The van der Waals surface area contributed by atoms with Gasteiger partial charge in [0.05, 0.1) is 18.0 Å². The van der Waals surface area contributed by atoms with Gasteiger partial charge >= 0.3 is 0 Å². The number of fused-ring (bicyclic) bond motifs is 3. The van der Waals surface area contributed by atoms with Crippen LogP contribution < -0.4 is 10.2 Å². The summed E-state index contributed by atoms with van der Waals surface area (Å²) in [6.07, 6.45) is 0. The van der Waals surface area contributed by atoms with Crippen LogP contribution in [0.15, 0.2) is 33.2 Å². The number of nitrogens with zero attached hydrogens (tertiary/aromatic N) is 4. The predicted molar refractivity (Wildman–Crippen MR) is 102 cm³/mol. The average Bonchev–Trinajstić information content (AvgIpc) is 3.29. The molecular weight excluding hydrogens is 356 g/mol. The lowest BCUT2D eigenvalue weighted by Gasteiger charge is -2.13. The second-order valence-electron chi connectivity index (χ2n) is 6.10. The molecule has 0 atom stereocenters. The zero-order chi connectivity index (χ0) is 17.4. The molecule has 0 unspecified atom stereocenters. The van der Waals surface area contributed by atoms with E-state index in [9.17, 15) is 4.79 Å². The number of aromatic nitrogens is 3. The number of anilines is 2. The normalized spacial score (nSPS) is 15.3. The highest BCUT2D eigenvalue weighted by Gasteiger charge is 2.29. The molecule has 0 aliphatic carbocycles. The quantitative estimate of drug-likeness (QED) is 0.783. The van der Waals surface area contributed by atoms with Crippen molar-refractivity contribution < 1.29 is 4.79 Å². The van der Waals surface area contributed by atoms with E-state index in [0.29, 0.717) is 11.1 Å². The number of hydrogen-bond acceptors (Lipinski definition) is 7. The molecule has 1 aromatic carbocycles. The Morgan fingerprint density at radius 2 is 2.36 bits per heavy atom. The zero-order valence-corrected chi connectivity index (χ0v) is 15.6. The molecule has 3 heterocycles. The molecule has 2 aromatic rings. The minimum Gasteiger partial charge on any atom is -0.325 e. The summed E-state index contributed by atoms with van der Waals surface area (Å²) in [7, 11) is 0. The number of thioether (sulfide) groups is 2. The van der Waals surface area contributed by atoms with E-state index < -0.39 is 0 Å². The van der Waals surface area contributed by atoms with Gasteiger partial charge in [-0.05, 0) is 30.0 Å². The number of rotatable bonds is 5. The second kappa shape index (κ2) is 6.72. The van der Waals surface area contributed by atoms with Crippen molar-refractivity contribution in [2.45, 2.75) is 29.8 Å². The van der Waals surface area contributed by atoms with Gasteiger partial charge in [-0.2, -0.15) is 0 Å². The summed E-state index contributed by atoms with van der Waals surface area (Å²) < 4.78 is 0. The SMILES string of the molecule is CC(C)c1nc(SCC(=O)Nc2ccc3c(c2)N2CCN=C2S3)n[nH]1. The van der Waals surface area contributed by atoms with Gasteiger partial charge in [0.1, 0.15) is 5.82 Å². The molecule has 0 radical (unpaired) electrons. The van der Waals surface area contributed by atoms with Crippen LogP contribution in [0.1, 0.15) is 25.6 Å². The lowest BCUT2D eigenvalue weighted by molar-refractivity contribution is -0.113. The predicted octanol–water partition coefficient (Wildman–Crippen LogP) is 2.94. The molecule has 2 aliphatic heterocycles. The van der Waals surface area contributed by atoms with Crippen LogP contribution in [-0.2, 0) is 4.79 Å². The second-order valence-corrected chi connectivity index (χ2v) is 8.05. The van der Waals surface area contributed by atoms with Crippen molar-refractivity contribution in [3.63, 3.8) is 0 Å². The van der Waals surface area contributed by atoms with E-state index in [-0.39, 0.29) is 11.7 Å². The highest BCUT2D eigenvalue weighted by Crippen LogP contribution is 2.43. The lowest BCUT2D eigenvalue weighted by Crippen LogP contribution is -2.21. The molecule has 4 rings (SSSR count). The van der Waals surface area contributed by atoms with Crippen LogP contribution in [0.2, 0.25) is 0 Å². The standard InChI is InChI=1S/C16H18N6OS2/c1-9(2)14-19-15(21-20-14)24-8-13(23)18-10-3-4-12-11(7-10)22-6-5-17-16(22)25-12/h3-4,7,9H,5-6,8H2,1-2H3,(H,18,23)(H,19,20,21). The molecule has 9 heteroatoms. The van der Waals surface area contributed by atoms with Gasteiger partial charge in [-0.1, -0.05) is 25.6 Å². The number of benzene rings is 1.